The standard InChI is InChI=1S/C20H24N4O3/c1-12(2)17-10-18(27-23-17)20(25)24-8-7-16-15(11-24)19(22-21-16)13-5-4-6-14(9-13)26-3/h4-6,9,12,18H,7-8,10-11H2,1-3H3,(H,21,22). The smallest absolute Gasteiger partial charge is 0.267 e. The number of rotatable bonds is 4. The molecule has 1 N–H and O–H groups in total. The summed E-state index contributed by atoms with van der Waals surface area (Å²) < 4.78 is 5.32. The molecule has 142 valence electrons. The summed E-state index contributed by atoms with van der Waals surface area (Å²) in [6, 6.07) is 7.81. The van der Waals surface area contributed by atoms with Crippen LogP contribution in [0.15, 0.2) is 29.4 Å². The van der Waals surface area contributed by atoms with E-state index >= 15 is 0 Å². The molecule has 0 fully saturated rings. The van der Waals surface area contributed by atoms with E-state index in [0.29, 0.717) is 25.4 Å². The molecule has 0 bridgehead atoms. The summed E-state index contributed by atoms with van der Waals surface area (Å²) in [5.74, 6) is 1.08. The summed E-state index contributed by atoms with van der Waals surface area (Å²) in [6.07, 6.45) is 0.826. The van der Waals surface area contributed by atoms with E-state index < -0.39 is 6.10 Å². The third-order valence-corrected chi connectivity index (χ3v) is 5.22. The fourth-order valence-corrected chi connectivity index (χ4v) is 3.57. The second-order valence-corrected chi connectivity index (χ2v) is 7.31. The van der Waals surface area contributed by atoms with Crippen molar-refractivity contribution in [2.75, 3.05) is 13.7 Å². The molecule has 4 rings (SSSR count). The summed E-state index contributed by atoms with van der Waals surface area (Å²) in [5, 5.41) is 11.7. The lowest BCUT2D eigenvalue weighted by Crippen LogP contribution is -2.42. The van der Waals surface area contributed by atoms with Gasteiger partial charge >= 0.3 is 0 Å². The number of nitrogens with zero attached hydrogens (tertiary/aromatic N) is 3. The van der Waals surface area contributed by atoms with Gasteiger partial charge in [-0.05, 0) is 18.1 Å². The molecule has 0 saturated heterocycles. The van der Waals surface area contributed by atoms with Gasteiger partial charge in [0.1, 0.15) is 5.75 Å². The van der Waals surface area contributed by atoms with Crippen LogP contribution < -0.4 is 4.74 Å². The van der Waals surface area contributed by atoms with E-state index in [-0.39, 0.29) is 5.91 Å². The van der Waals surface area contributed by atoms with Crippen molar-refractivity contribution in [3.8, 4) is 17.0 Å². The third kappa shape index (κ3) is 3.29. The lowest BCUT2D eigenvalue weighted by molar-refractivity contribution is -0.143. The highest BCUT2D eigenvalue weighted by Crippen LogP contribution is 2.31. The van der Waals surface area contributed by atoms with E-state index in [1.807, 2.05) is 29.2 Å². The number of aromatic nitrogens is 2. The number of fused-ring (bicyclic) bond motifs is 1. The van der Waals surface area contributed by atoms with Gasteiger partial charge in [-0.3, -0.25) is 9.89 Å². The highest BCUT2D eigenvalue weighted by Gasteiger charge is 2.35. The van der Waals surface area contributed by atoms with Crippen LogP contribution in [0.3, 0.4) is 0 Å². The maximum atomic E-state index is 12.9. The van der Waals surface area contributed by atoms with Gasteiger partial charge in [0, 0.05) is 42.8 Å². The number of hydrogen-bond donors (Lipinski definition) is 1. The van der Waals surface area contributed by atoms with Crippen molar-refractivity contribution in [2.24, 2.45) is 11.1 Å². The van der Waals surface area contributed by atoms with Crippen LogP contribution in [0.5, 0.6) is 5.75 Å². The third-order valence-electron chi connectivity index (χ3n) is 5.22. The molecule has 2 aliphatic rings. The number of amides is 1. The van der Waals surface area contributed by atoms with Gasteiger partial charge in [0.2, 0.25) is 6.10 Å². The molecule has 0 radical (unpaired) electrons. The Morgan fingerprint density at radius 2 is 2.26 bits per heavy atom. The zero-order valence-corrected chi connectivity index (χ0v) is 15.9. The molecule has 1 atom stereocenters. The number of methoxy groups -OCH3 is 1. The number of benzene rings is 1. The lowest BCUT2D eigenvalue weighted by Gasteiger charge is -2.28. The Morgan fingerprint density at radius 3 is 3.00 bits per heavy atom. The Morgan fingerprint density at radius 1 is 1.41 bits per heavy atom. The van der Waals surface area contributed by atoms with Gasteiger partial charge in [0.25, 0.3) is 5.91 Å². The number of aromatic amines is 1. The summed E-state index contributed by atoms with van der Waals surface area (Å²) in [7, 11) is 1.65. The van der Waals surface area contributed by atoms with Crippen molar-refractivity contribution in [1.82, 2.24) is 15.1 Å². The van der Waals surface area contributed by atoms with Gasteiger partial charge in [-0.15, -0.1) is 0 Å². The van der Waals surface area contributed by atoms with Gasteiger partial charge in [-0.1, -0.05) is 31.1 Å². The molecule has 3 heterocycles. The van der Waals surface area contributed by atoms with Gasteiger partial charge in [0.05, 0.1) is 18.5 Å². The van der Waals surface area contributed by atoms with Crippen LogP contribution in [0.4, 0.5) is 0 Å². The predicted octanol–water partition coefficient (Wildman–Crippen LogP) is 2.77. The monoisotopic (exact) mass is 368 g/mol. The van der Waals surface area contributed by atoms with Crippen LogP contribution in [0.2, 0.25) is 0 Å². The van der Waals surface area contributed by atoms with Crippen LogP contribution >= 0.6 is 0 Å². The molecular weight excluding hydrogens is 344 g/mol. The van der Waals surface area contributed by atoms with Crippen molar-refractivity contribution < 1.29 is 14.4 Å². The van der Waals surface area contributed by atoms with Crippen LogP contribution in [0, 0.1) is 5.92 Å². The number of H-pyrrole nitrogens is 1. The maximum Gasteiger partial charge on any atom is 0.267 e. The number of hydrogen-bond acceptors (Lipinski definition) is 5. The van der Waals surface area contributed by atoms with Crippen LogP contribution in [-0.4, -0.2) is 46.5 Å². The lowest BCUT2D eigenvalue weighted by atomic mass is 9.99. The molecule has 27 heavy (non-hydrogen) atoms. The first-order chi connectivity index (χ1) is 13.1. The first kappa shape index (κ1) is 17.6. The quantitative estimate of drug-likeness (QED) is 0.900. The Labute approximate surface area is 158 Å². The molecule has 1 aromatic heterocycles. The summed E-state index contributed by atoms with van der Waals surface area (Å²) in [5.41, 5.74) is 4.94. The highest BCUT2D eigenvalue weighted by atomic mass is 16.6. The van der Waals surface area contributed by atoms with E-state index in [1.165, 1.54) is 0 Å². The second-order valence-electron chi connectivity index (χ2n) is 7.31. The molecule has 0 spiro atoms. The predicted molar refractivity (Wildman–Crippen MR) is 101 cm³/mol. The Kier molecular flexibility index (Phi) is 4.59. The maximum absolute atomic E-state index is 12.9. The molecule has 7 heteroatoms. The SMILES string of the molecule is COc1cccc(-c2n[nH]c3c2CN(C(=O)C2CC(C(C)C)=NO2)CC3)c1. The summed E-state index contributed by atoms with van der Waals surface area (Å²) in [4.78, 5) is 20.2. The van der Waals surface area contributed by atoms with Crippen LogP contribution in [0.1, 0.15) is 31.5 Å². The Balaban J connectivity index is 1.53. The summed E-state index contributed by atoms with van der Waals surface area (Å²) >= 11 is 0. The normalized spacial score (nSPS) is 18.9. The minimum Gasteiger partial charge on any atom is -0.497 e. The number of oxime groups is 1. The molecule has 1 amide bonds. The topological polar surface area (TPSA) is 79.8 Å². The van der Waals surface area contributed by atoms with Gasteiger partial charge < -0.3 is 14.5 Å². The second kappa shape index (κ2) is 7.06. The fraction of sp³-hybridized carbons (Fsp3) is 0.450. The zero-order valence-electron chi connectivity index (χ0n) is 15.9. The number of ether oxygens (including phenoxy) is 1. The molecule has 2 aromatic rings. The molecule has 0 aliphatic carbocycles. The average molecular weight is 368 g/mol. The van der Waals surface area contributed by atoms with Crippen LogP contribution in [0.25, 0.3) is 11.3 Å². The van der Waals surface area contributed by atoms with Crippen molar-refractivity contribution >= 4 is 11.6 Å². The number of nitrogens with one attached hydrogen (secondary N) is 1. The van der Waals surface area contributed by atoms with E-state index in [0.717, 1.165) is 40.4 Å². The minimum atomic E-state index is -0.504. The molecule has 7 nitrogen and oxygen atoms in total. The van der Waals surface area contributed by atoms with Crippen molar-refractivity contribution in [3.63, 3.8) is 0 Å². The van der Waals surface area contributed by atoms with Gasteiger partial charge in [-0.25, -0.2) is 0 Å². The fourth-order valence-electron chi connectivity index (χ4n) is 3.57. The number of carbonyl (C=O) groups excluding carboxylic acids is 1. The van der Waals surface area contributed by atoms with Crippen molar-refractivity contribution in [3.05, 3.63) is 35.5 Å². The average Bonchev–Trinajstić information content (AvgIpc) is 3.34. The zero-order chi connectivity index (χ0) is 19.0. The largest absolute Gasteiger partial charge is 0.497 e. The highest BCUT2D eigenvalue weighted by molar-refractivity contribution is 5.94. The Hall–Kier alpha value is -2.83. The van der Waals surface area contributed by atoms with E-state index in [2.05, 4.69) is 29.2 Å². The minimum absolute atomic E-state index is 0.00200. The summed E-state index contributed by atoms with van der Waals surface area (Å²) in [6.45, 7) is 5.30. The van der Waals surface area contributed by atoms with E-state index in [4.69, 9.17) is 9.57 Å². The molecule has 0 saturated carbocycles. The van der Waals surface area contributed by atoms with Crippen molar-refractivity contribution in [1.29, 1.82) is 0 Å². The van der Waals surface area contributed by atoms with E-state index in [9.17, 15) is 4.79 Å². The molecule has 2 aliphatic heterocycles. The molecular formula is C20H24N4O3. The number of carbonyl (C=O) groups is 1. The van der Waals surface area contributed by atoms with Gasteiger partial charge in [-0.2, -0.15) is 5.10 Å². The molecule has 1 unspecified atom stereocenters. The first-order valence-corrected chi connectivity index (χ1v) is 9.28. The van der Waals surface area contributed by atoms with Gasteiger partial charge in [0.15, 0.2) is 0 Å². The van der Waals surface area contributed by atoms with E-state index in [1.54, 1.807) is 7.11 Å². The van der Waals surface area contributed by atoms with Crippen molar-refractivity contribution in [2.45, 2.75) is 39.3 Å². The van der Waals surface area contributed by atoms with Crippen LogP contribution in [-0.2, 0) is 22.6 Å². The first-order valence-electron chi connectivity index (χ1n) is 9.28. The Bertz CT molecular complexity index is 887. The molecule has 1 aromatic carbocycles.